The van der Waals surface area contributed by atoms with Crippen molar-refractivity contribution in [2.24, 2.45) is 7.05 Å². The fourth-order valence-electron chi connectivity index (χ4n) is 1.99. The van der Waals surface area contributed by atoms with E-state index < -0.39 is 0 Å². The molecule has 0 aliphatic heterocycles. The quantitative estimate of drug-likeness (QED) is 0.806. The number of halogens is 1. The minimum absolute atomic E-state index is 0.0145. The molecule has 0 spiro atoms. The predicted octanol–water partition coefficient (Wildman–Crippen LogP) is 2.75. The molecule has 7 heteroatoms. The lowest BCUT2D eigenvalue weighted by Gasteiger charge is -2.06. The Morgan fingerprint density at radius 2 is 2.15 bits per heavy atom. The molecule has 0 amide bonds. The molecule has 0 atom stereocenters. The number of hydrogen-bond acceptors (Lipinski definition) is 4. The van der Waals surface area contributed by atoms with Crippen LogP contribution in [0, 0.1) is 0 Å². The average Bonchev–Trinajstić information content (AvgIpc) is 2.97. The van der Waals surface area contributed by atoms with Crippen molar-refractivity contribution in [3.05, 3.63) is 27.8 Å². The second-order valence-corrected chi connectivity index (χ2v) is 6.15. The van der Waals surface area contributed by atoms with Crippen molar-refractivity contribution in [1.82, 2.24) is 19.3 Å². The SMILES string of the molecule is CCc1nn(CC)c(CSc2ncc(CO)n2C)c1Br. The topological polar surface area (TPSA) is 55.9 Å². The van der Waals surface area contributed by atoms with E-state index >= 15 is 0 Å². The van der Waals surface area contributed by atoms with Crippen molar-refractivity contribution in [3.8, 4) is 0 Å². The van der Waals surface area contributed by atoms with E-state index in [2.05, 4.69) is 39.9 Å². The lowest BCUT2D eigenvalue weighted by atomic mass is 10.3. The first-order chi connectivity index (χ1) is 9.62. The van der Waals surface area contributed by atoms with Gasteiger partial charge in [-0.25, -0.2) is 4.98 Å². The summed E-state index contributed by atoms with van der Waals surface area (Å²) in [7, 11) is 1.92. The van der Waals surface area contributed by atoms with E-state index in [1.165, 1.54) is 5.69 Å². The summed E-state index contributed by atoms with van der Waals surface area (Å²) in [6.07, 6.45) is 2.63. The number of aromatic nitrogens is 4. The molecule has 2 heterocycles. The Kier molecular flexibility index (Phi) is 5.29. The summed E-state index contributed by atoms with van der Waals surface area (Å²) in [4.78, 5) is 4.33. The Morgan fingerprint density at radius 3 is 2.70 bits per heavy atom. The summed E-state index contributed by atoms with van der Waals surface area (Å²) >= 11 is 5.30. The number of thioether (sulfide) groups is 1. The van der Waals surface area contributed by atoms with E-state index in [-0.39, 0.29) is 6.61 Å². The van der Waals surface area contributed by atoms with Crippen molar-refractivity contribution in [2.75, 3.05) is 0 Å². The highest BCUT2D eigenvalue weighted by molar-refractivity contribution is 9.10. The second kappa shape index (κ2) is 6.78. The molecule has 0 aromatic carbocycles. The van der Waals surface area contributed by atoms with Crippen LogP contribution < -0.4 is 0 Å². The summed E-state index contributed by atoms with van der Waals surface area (Å²) in [5.41, 5.74) is 3.10. The number of aryl methyl sites for hydroxylation is 2. The van der Waals surface area contributed by atoms with Gasteiger partial charge in [-0.05, 0) is 29.3 Å². The molecule has 2 aromatic heterocycles. The van der Waals surface area contributed by atoms with Crippen LogP contribution in [0.3, 0.4) is 0 Å². The Morgan fingerprint density at radius 1 is 1.40 bits per heavy atom. The fourth-order valence-corrected chi connectivity index (χ4v) is 3.88. The number of hydrogen-bond donors (Lipinski definition) is 1. The lowest BCUT2D eigenvalue weighted by Crippen LogP contribution is -2.03. The van der Waals surface area contributed by atoms with Crippen molar-refractivity contribution in [1.29, 1.82) is 0 Å². The molecule has 0 saturated heterocycles. The molecule has 0 radical (unpaired) electrons. The highest BCUT2D eigenvalue weighted by atomic mass is 79.9. The molecular weight excluding hydrogens is 340 g/mol. The van der Waals surface area contributed by atoms with Crippen LogP contribution in [0.5, 0.6) is 0 Å². The molecule has 0 aliphatic carbocycles. The Balaban J connectivity index is 2.18. The van der Waals surface area contributed by atoms with E-state index in [1.807, 2.05) is 16.3 Å². The predicted molar refractivity (Wildman–Crippen MR) is 83.7 cm³/mol. The molecule has 110 valence electrons. The minimum Gasteiger partial charge on any atom is -0.390 e. The molecule has 1 N–H and O–H groups in total. The van der Waals surface area contributed by atoms with Gasteiger partial charge in [-0.15, -0.1) is 0 Å². The third-order valence-electron chi connectivity index (χ3n) is 3.24. The van der Waals surface area contributed by atoms with E-state index in [4.69, 9.17) is 0 Å². The molecule has 0 fully saturated rings. The Labute approximate surface area is 131 Å². The van der Waals surface area contributed by atoms with Gasteiger partial charge in [-0.2, -0.15) is 5.10 Å². The van der Waals surface area contributed by atoms with Crippen LogP contribution in [0.2, 0.25) is 0 Å². The molecule has 0 aliphatic rings. The number of imidazole rings is 1. The normalized spacial score (nSPS) is 11.2. The third kappa shape index (κ3) is 2.94. The fraction of sp³-hybridized carbons (Fsp3) is 0.538. The van der Waals surface area contributed by atoms with Gasteiger partial charge in [-0.1, -0.05) is 18.7 Å². The number of aliphatic hydroxyl groups excluding tert-OH is 1. The number of aliphatic hydroxyl groups is 1. The number of nitrogens with zero attached hydrogens (tertiary/aromatic N) is 4. The zero-order valence-corrected chi connectivity index (χ0v) is 14.3. The maximum Gasteiger partial charge on any atom is 0.168 e. The third-order valence-corrected chi connectivity index (χ3v) is 5.21. The van der Waals surface area contributed by atoms with Crippen LogP contribution in [0.1, 0.15) is 30.9 Å². The first-order valence-corrected chi connectivity index (χ1v) is 8.38. The van der Waals surface area contributed by atoms with Crippen LogP contribution in [-0.4, -0.2) is 24.4 Å². The summed E-state index contributed by atoms with van der Waals surface area (Å²) < 4.78 is 5.06. The zero-order valence-electron chi connectivity index (χ0n) is 11.9. The van der Waals surface area contributed by atoms with Crippen LogP contribution in [0.15, 0.2) is 15.8 Å². The average molecular weight is 359 g/mol. The zero-order chi connectivity index (χ0) is 14.7. The molecule has 0 bridgehead atoms. The van der Waals surface area contributed by atoms with Crippen molar-refractivity contribution < 1.29 is 5.11 Å². The summed E-state index contributed by atoms with van der Waals surface area (Å²) in [6.45, 7) is 5.07. The maximum absolute atomic E-state index is 9.19. The molecule has 2 rings (SSSR count). The minimum atomic E-state index is 0.0145. The van der Waals surface area contributed by atoms with Gasteiger partial charge in [0.15, 0.2) is 5.16 Å². The molecule has 0 unspecified atom stereocenters. The van der Waals surface area contributed by atoms with Crippen molar-refractivity contribution in [2.45, 2.75) is 44.3 Å². The Bertz CT molecular complexity index is 593. The molecule has 2 aromatic rings. The highest BCUT2D eigenvalue weighted by Crippen LogP contribution is 2.29. The van der Waals surface area contributed by atoms with Gasteiger partial charge in [0.2, 0.25) is 0 Å². The van der Waals surface area contributed by atoms with Gasteiger partial charge in [0.1, 0.15) is 0 Å². The molecule has 5 nitrogen and oxygen atoms in total. The van der Waals surface area contributed by atoms with Crippen LogP contribution in [0.4, 0.5) is 0 Å². The van der Waals surface area contributed by atoms with Crippen LogP contribution in [0.25, 0.3) is 0 Å². The lowest BCUT2D eigenvalue weighted by molar-refractivity contribution is 0.271. The summed E-state index contributed by atoms with van der Waals surface area (Å²) in [6, 6.07) is 0. The van der Waals surface area contributed by atoms with E-state index in [1.54, 1.807) is 18.0 Å². The second-order valence-electron chi connectivity index (χ2n) is 4.41. The van der Waals surface area contributed by atoms with Gasteiger partial charge in [0.25, 0.3) is 0 Å². The van der Waals surface area contributed by atoms with Gasteiger partial charge < -0.3 is 9.67 Å². The largest absolute Gasteiger partial charge is 0.390 e. The summed E-state index contributed by atoms with van der Waals surface area (Å²) in [5.74, 6) is 0.803. The first-order valence-electron chi connectivity index (χ1n) is 6.60. The highest BCUT2D eigenvalue weighted by Gasteiger charge is 2.15. The monoisotopic (exact) mass is 358 g/mol. The molecular formula is C13H19BrN4OS. The van der Waals surface area contributed by atoms with Gasteiger partial charge >= 0.3 is 0 Å². The molecule has 0 saturated carbocycles. The van der Waals surface area contributed by atoms with Crippen LogP contribution >= 0.6 is 27.7 Å². The smallest absolute Gasteiger partial charge is 0.168 e. The number of rotatable bonds is 6. The van der Waals surface area contributed by atoms with Crippen LogP contribution in [-0.2, 0) is 32.4 Å². The molecule has 20 heavy (non-hydrogen) atoms. The van der Waals surface area contributed by atoms with Crippen molar-refractivity contribution >= 4 is 27.7 Å². The van der Waals surface area contributed by atoms with E-state index in [0.717, 1.165) is 39.7 Å². The van der Waals surface area contributed by atoms with Gasteiger partial charge in [0.05, 0.1) is 34.4 Å². The van der Waals surface area contributed by atoms with Gasteiger partial charge in [-0.3, -0.25) is 4.68 Å². The van der Waals surface area contributed by atoms with Gasteiger partial charge in [0, 0.05) is 19.3 Å². The van der Waals surface area contributed by atoms with E-state index in [9.17, 15) is 5.11 Å². The maximum atomic E-state index is 9.19. The van der Waals surface area contributed by atoms with Crippen molar-refractivity contribution in [3.63, 3.8) is 0 Å². The first kappa shape index (κ1) is 15.6. The standard InChI is InChI=1S/C13H19BrN4OS/c1-4-10-12(14)11(18(5-2)16-10)8-20-13-15-6-9(7-19)17(13)3/h6,19H,4-5,7-8H2,1-3H3. The van der Waals surface area contributed by atoms with E-state index in [0.29, 0.717) is 0 Å². The summed E-state index contributed by atoms with van der Waals surface area (Å²) in [5, 5.41) is 14.7. The Hall–Kier alpha value is -0.790.